The van der Waals surface area contributed by atoms with Crippen LogP contribution < -0.4 is 5.32 Å². The molecule has 0 bridgehead atoms. The van der Waals surface area contributed by atoms with Crippen molar-refractivity contribution in [3.63, 3.8) is 0 Å². The van der Waals surface area contributed by atoms with E-state index in [4.69, 9.17) is 9.47 Å². The molecule has 0 aromatic heterocycles. The normalized spacial score (nSPS) is 11.2. The predicted octanol–water partition coefficient (Wildman–Crippen LogP) is 2.04. The zero-order chi connectivity index (χ0) is 16.6. The highest BCUT2D eigenvalue weighted by Gasteiger charge is 2.29. The van der Waals surface area contributed by atoms with Crippen LogP contribution in [0.15, 0.2) is 24.3 Å². The lowest BCUT2D eigenvalue weighted by Gasteiger charge is -2.19. The first-order chi connectivity index (χ1) is 10.4. The average molecular weight is 309 g/mol. The number of hydrogen-bond acceptors (Lipinski definition) is 4. The second-order valence-electron chi connectivity index (χ2n) is 5.41. The summed E-state index contributed by atoms with van der Waals surface area (Å²) in [6.45, 7) is 4.57. The molecule has 0 saturated carbocycles. The standard InChI is InChI=1S/C16H23NO5/c1-16(2,15(19)20)12-4-6-13(7-5-12)17-14(18)8-9-22-11-10-21-3/h4-7H,8-11H2,1-3H3,(H,17,18)(H,19,20). The van der Waals surface area contributed by atoms with Gasteiger partial charge in [-0.1, -0.05) is 12.1 Å². The maximum Gasteiger partial charge on any atom is 0.313 e. The first-order valence-corrected chi connectivity index (χ1v) is 7.08. The summed E-state index contributed by atoms with van der Waals surface area (Å²) >= 11 is 0. The molecule has 122 valence electrons. The van der Waals surface area contributed by atoms with E-state index in [1.807, 2.05) is 0 Å². The number of carboxylic acid groups (broad SMARTS) is 1. The first kappa shape index (κ1) is 18.1. The number of carboxylic acids is 1. The van der Waals surface area contributed by atoms with E-state index in [2.05, 4.69) is 5.32 Å². The van der Waals surface area contributed by atoms with Gasteiger partial charge in [0.2, 0.25) is 5.91 Å². The second-order valence-corrected chi connectivity index (χ2v) is 5.41. The van der Waals surface area contributed by atoms with Crippen LogP contribution in [0.25, 0.3) is 0 Å². The van der Waals surface area contributed by atoms with Gasteiger partial charge >= 0.3 is 5.97 Å². The summed E-state index contributed by atoms with van der Waals surface area (Å²) in [5, 5.41) is 11.9. The van der Waals surface area contributed by atoms with Gasteiger partial charge in [-0.3, -0.25) is 9.59 Å². The van der Waals surface area contributed by atoms with E-state index in [0.717, 1.165) is 0 Å². The van der Waals surface area contributed by atoms with Gasteiger partial charge in [0.05, 0.1) is 31.7 Å². The molecular weight excluding hydrogens is 286 g/mol. The van der Waals surface area contributed by atoms with Gasteiger partial charge in [0.25, 0.3) is 0 Å². The van der Waals surface area contributed by atoms with Crippen molar-refractivity contribution in [2.75, 3.05) is 32.2 Å². The van der Waals surface area contributed by atoms with Crippen molar-refractivity contribution in [1.82, 2.24) is 0 Å². The molecule has 0 aliphatic carbocycles. The van der Waals surface area contributed by atoms with E-state index in [-0.39, 0.29) is 12.3 Å². The Labute approximate surface area is 130 Å². The van der Waals surface area contributed by atoms with Crippen LogP contribution in [0.3, 0.4) is 0 Å². The fraction of sp³-hybridized carbons (Fsp3) is 0.500. The van der Waals surface area contributed by atoms with Crippen LogP contribution in [-0.4, -0.2) is 43.9 Å². The number of ether oxygens (including phenoxy) is 2. The molecule has 0 spiro atoms. The molecule has 6 heteroatoms. The molecule has 1 aromatic rings. The van der Waals surface area contributed by atoms with Gasteiger partial charge in [-0.2, -0.15) is 0 Å². The van der Waals surface area contributed by atoms with E-state index >= 15 is 0 Å². The van der Waals surface area contributed by atoms with Gasteiger partial charge in [0.15, 0.2) is 0 Å². The van der Waals surface area contributed by atoms with Crippen LogP contribution in [0.4, 0.5) is 5.69 Å². The van der Waals surface area contributed by atoms with Crippen molar-refractivity contribution < 1.29 is 24.2 Å². The zero-order valence-corrected chi connectivity index (χ0v) is 13.2. The van der Waals surface area contributed by atoms with Crippen molar-refractivity contribution in [1.29, 1.82) is 0 Å². The van der Waals surface area contributed by atoms with Gasteiger partial charge in [-0.15, -0.1) is 0 Å². The first-order valence-electron chi connectivity index (χ1n) is 7.08. The van der Waals surface area contributed by atoms with E-state index in [1.54, 1.807) is 45.2 Å². The summed E-state index contributed by atoms with van der Waals surface area (Å²) < 4.78 is 10.1. The lowest BCUT2D eigenvalue weighted by molar-refractivity contribution is -0.142. The van der Waals surface area contributed by atoms with Gasteiger partial charge < -0.3 is 19.9 Å². The van der Waals surface area contributed by atoms with Crippen LogP contribution in [0.5, 0.6) is 0 Å². The van der Waals surface area contributed by atoms with E-state index in [9.17, 15) is 14.7 Å². The third-order valence-corrected chi connectivity index (χ3v) is 3.33. The highest BCUT2D eigenvalue weighted by Crippen LogP contribution is 2.24. The summed E-state index contributed by atoms with van der Waals surface area (Å²) in [7, 11) is 1.59. The summed E-state index contributed by atoms with van der Waals surface area (Å²) in [5.74, 6) is -1.04. The molecule has 0 saturated heterocycles. The molecule has 2 N–H and O–H groups in total. The summed E-state index contributed by atoms with van der Waals surface area (Å²) in [4.78, 5) is 22.9. The molecule has 0 fully saturated rings. The Balaban J connectivity index is 2.47. The largest absolute Gasteiger partial charge is 0.481 e. The Hall–Kier alpha value is -1.92. The summed E-state index contributed by atoms with van der Waals surface area (Å²) in [6.07, 6.45) is 0.256. The highest BCUT2D eigenvalue weighted by atomic mass is 16.5. The van der Waals surface area contributed by atoms with Crippen molar-refractivity contribution in [3.8, 4) is 0 Å². The van der Waals surface area contributed by atoms with Crippen LogP contribution in [0.2, 0.25) is 0 Å². The molecule has 6 nitrogen and oxygen atoms in total. The lowest BCUT2D eigenvalue weighted by Crippen LogP contribution is -2.28. The maximum atomic E-state index is 11.7. The number of methoxy groups -OCH3 is 1. The summed E-state index contributed by atoms with van der Waals surface area (Å²) in [6, 6.07) is 6.81. The Morgan fingerprint density at radius 2 is 1.77 bits per heavy atom. The van der Waals surface area contributed by atoms with Crippen LogP contribution in [0.1, 0.15) is 25.8 Å². The number of aliphatic carboxylic acids is 1. The number of carbonyl (C=O) groups excluding carboxylic acids is 1. The van der Waals surface area contributed by atoms with Crippen LogP contribution in [0, 0.1) is 0 Å². The molecule has 0 radical (unpaired) electrons. The van der Waals surface area contributed by atoms with Crippen LogP contribution >= 0.6 is 0 Å². The van der Waals surface area contributed by atoms with Gasteiger partial charge in [-0.25, -0.2) is 0 Å². The number of hydrogen-bond donors (Lipinski definition) is 2. The van der Waals surface area contributed by atoms with Crippen molar-refractivity contribution in [3.05, 3.63) is 29.8 Å². The smallest absolute Gasteiger partial charge is 0.313 e. The SMILES string of the molecule is COCCOCCC(=O)Nc1ccc(C(C)(C)C(=O)O)cc1. The molecule has 22 heavy (non-hydrogen) atoms. The molecule has 1 rings (SSSR count). The minimum Gasteiger partial charge on any atom is -0.481 e. The van der Waals surface area contributed by atoms with Crippen molar-refractivity contribution in [2.45, 2.75) is 25.7 Å². The number of anilines is 1. The minimum atomic E-state index is -0.961. The lowest BCUT2D eigenvalue weighted by atomic mass is 9.85. The number of carbonyl (C=O) groups is 2. The average Bonchev–Trinajstić information content (AvgIpc) is 2.47. The molecule has 1 aromatic carbocycles. The second kappa shape index (κ2) is 8.51. The third kappa shape index (κ3) is 5.46. The van der Waals surface area contributed by atoms with E-state index < -0.39 is 11.4 Å². The fourth-order valence-electron chi connectivity index (χ4n) is 1.73. The Morgan fingerprint density at radius 3 is 2.32 bits per heavy atom. The number of nitrogens with one attached hydrogen (secondary N) is 1. The van der Waals surface area contributed by atoms with E-state index in [1.165, 1.54) is 0 Å². The Kier molecular flexibility index (Phi) is 7.01. The Bertz CT molecular complexity index is 496. The number of benzene rings is 1. The zero-order valence-electron chi connectivity index (χ0n) is 13.2. The van der Waals surface area contributed by atoms with Gasteiger partial charge in [-0.05, 0) is 31.5 Å². The fourth-order valence-corrected chi connectivity index (χ4v) is 1.73. The topological polar surface area (TPSA) is 84.9 Å². The molecule has 0 aliphatic heterocycles. The third-order valence-electron chi connectivity index (χ3n) is 3.33. The predicted molar refractivity (Wildman–Crippen MR) is 83.0 cm³/mol. The van der Waals surface area contributed by atoms with Gasteiger partial charge in [0.1, 0.15) is 0 Å². The Morgan fingerprint density at radius 1 is 1.14 bits per heavy atom. The number of amides is 1. The molecule has 0 aliphatic rings. The molecule has 0 atom stereocenters. The summed E-state index contributed by atoms with van der Waals surface area (Å²) in [5.41, 5.74) is 0.352. The van der Waals surface area contributed by atoms with Crippen molar-refractivity contribution in [2.24, 2.45) is 0 Å². The minimum absolute atomic E-state index is 0.150. The van der Waals surface area contributed by atoms with Crippen LogP contribution in [-0.2, 0) is 24.5 Å². The maximum absolute atomic E-state index is 11.7. The molecule has 1 amide bonds. The molecular formula is C16H23NO5. The monoisotopic (exact) mass is 309 g/mol. The quantitative estimate of drug-likeness (QED) is 0.682. The highest BCUT2D eigenvalue weighted by molar-refractivity contribution is 5.90. The van der Waals surface area contributed by atoms with Gasteiger partial charge in [0, 0.05) is 12.8 Å². The molecule has 0 unspecified atom stereocenters. The van der Waals surface area contributed by atoms with E-state index in [0.29, 0.717) is 31.1 Å². The number of rotatable bonds is 9. The van der Waals surface area contributed by atoms with Crippen molar-refractivity contribution >= 4 is 17.6 Å². The molecule has 0 heterocycles.